The number of pyridine rings is 1. The van der Waals surface area contributed by atoms with Crippen molar-refractivity contribution in [1.82, 2.24) is 9.88 Å². The Hall–Kier alpha value is -1.38. The van der Waals surface area contributed by atoms with E-state index in [1.54, 1.807) is 29.4 Å². The second-order valence-electron chi connectivity index (χ2n) is 4.96. The number of hydrogen-bond donors (Lipinski definition) is 0. The molecule has 0 fully saturated rings. The average Bonchev–Trinajstić information content (AvgIpc) is 2.15. The van der Waals surface area contributed by atoms with Crippen molar-refractivity contribution < 1.29 is 4.79 Å². The minimum absolute atomic E-state index is 0.0259. The van der Waals surface area contributed by atoms with Crippen molar-refractivity contribution in [1.29, 1.82) is 0 Å². The molecule has 1 aromatic rings. The molecule has 1 amide bonds. The highest BCUT2D eigenvalue weighted by atomic mass is 16.2. The van der Waals surface area contributed by atoms with Crippen LogP contribution < -0.4 is 0 Å². The number of nitrogens with zero attached hydrogens (tertiary/aromatic N) is 2. The molecule has 0 saturated heterocycles. The Morgan fingerprint density at radius 1 is 1.47 bits per heavy atom. The van der Waals surface area contributed by atoms with Crippen molar-refractivity contribution >= 4 is 5.91 Å². The van der Waals surface area contributed by atoms with E-state index < -0.39 is 0 Å². The zero-order valence-electron chi connectivity index (χ0n) is 9.82. The standard InChI is InChI=1S/C12H18N2O/c1-12(2,3)9-14(4)11(15)10-6-5-7-13-8-10/h5-8H,9H2,1-4H3. The highest BCUT2D eigenvalue weighted by Crippen LogP contribution is 2.15. The molecule has 0 aliphatic heterocycles. The molecule has 82 valence electrons. The monoisotopic (exact) mass is 206 g/mol. The lowest BCUT2D eigenvalue weighted by Gasteiger charge is -2.26. The highest BCUT2D eigenvalue weighted by molar-refractivity contribution is 5.93. The third kappa shape index (κ3) is 3.70. The number of aromatic nitrogens is 1. The van der Waals surface area contributed by atoms with Crippen LogP contribution in [0, 0.1) is 5.41 Å². The lowest BCUT2D eigenvalue weighted by atomic mass is 9.96. The summed E-state index contributed by atoms with van der Waals surface area (Å²) in [4.78, 5) is 17.6. The van der Waals surface area contributed by atoms with Gasteiger partial charge < -0.3 is 4.90 Å². The molecule has 3 heteroatoms. The fourth-order valence-corrected chi connectivity index (χ4v) is 1.49. The minimum Gasteiger partial charge on any atom is -0.341 e. The molecule has 0 aliphatic carbocycles. The van der Waals surface area contributed by atoms with Gasteiger partial charge in [0.15, 0.2) is 0 Å². The van der Waals surface area contributed by atoms with E-state index in [9.17, 15) is 4.79 Å². The van der Waals surface area contributed by atoms with Crippen molar-refractivity contribution in [2.45, 2.75) is 20.8 Å². The Morgan fingerprint density at radius 3 is 2.60 bits per heavy atom. The maximum Gasteiger partial charge on any atom is 0.255 e. The molecular weight excluding hydrogens is 188 g/mol. The lowest BCUT2D eigenvalue weighted by Crippen LogP contribution is -2.34. The van der Waals surface area contributed by atoms with Gasteiger partial charge in [-0.25, -0.2) is 0 Å². The maximum absolute atomic E-state index is 11.9. The van der Waals surface area contributed by atoms with Crippen molar-refractivity contribution in [3.63, 3.8) is 0 Å². The molecule has 0 bridgehead atoms. The van der Waals surface area contributed by atoms with Crippen LogP contribution in [0.25, 0.3) is 0 Å². The molecule has 0 aromatic carbocycles. The molecule has 1 heterocycles. The third-order valence-corrected chi connectivity index (χ3v) is 1.97. The summed E-state index contributed by atoms with van der Waals surface area (Å²) in [5.74, 6) is 0.0259. The van der Waals surface area contributed by atoms with Gasteiger partial charge in [0.2, 0.25) is 0 Å². The summed E-state index contributed by atoms with van der Waals surface area (Å²) in [5.41, 5.74) is 0.761. The summed E-state index contributed by atoms with van der Waals surface area (Å²) < 4.78 is 0. The van der Waals surface area contributed by atoms with Gasteiger partial charge in [0.05, 0.1) is 5.56 Å². The molecular formula is C12H18N2O. The zero-order valence-corrected chi connectivity index (χ0v) is 9.82. The van der Waals surface area contributed by atoms with Crippen LogP contribution >= 0.6 is 0 Å². The fraction of sp³-hybridized carbons (Fsp3) is 0.500. The summed E-state index contributed by atoms with van der Waals surface area (Å²) >= 11 is 0. The Bertz CT molecular complexity index is 327. The summed E-state index contributed by atoms with van der Waals surface area (Å²) in [7, 11) is 1.82. The minimum atomic E-state index is 0.0259. The second kappa shape index (κ2) is 4.43. The smallest absolute Gasteiger partial charge is 0.255 e. The van der Waals surface area contributed by atoms with E-state index in [1.807, 2.05) is 7.05 Å². The van der Waals surface area contributed by atoms with Crippen LogP contribution in [0.4, 0.5) is 0 Å². The summed E-state index contributed by atoms with van der Waals surface area (Å²) in [6, 6.07) is 3.56. The van der Waals surface area contributed by atoms with Gasteiger partial charge in [0.25, 0.3) is 5.91 Å². The van der Waals surface area contributed by atoms with E-state index in [-0.39, 0.29) is 11.3 Å². The highest BCUT2D eigenvalue weighted by Gasteiger charge is 2.18. The Balaban J connectivity index is 2.70. The number of hydrogen-bond acceptors (Lipinski definition) is 2. The number of rotatable bonds is 2. The number of carbonyl (C=O) groups excluding carboxylic acids is 1. The zero-order chi connectivity index (χ0) is 11.5. The van der Waals surface area contributed by atoms with Crippen LogP contribution in [0.15, 0.2) is 24.5 Å². The van der Waals surface area contributed by atoms with Crippen molar-refractivity contribution in [3.8, 4) is 0 Å². The van der Waals surface area contributed by atoms with E-state index >= 15 is 0 Å². The van der Waals surface area contributed by atoms with Gasteiger partial charge in [-0.3, -0.25) is 9.78 Å². The van der Waals surface area contributed by atoms with Crippen molar-refractivity contribution in [2.24, 2.45) is 5.41 Å². The second-order valence-corrected chi connectivity index (χ2v) is 4.96. The topological polar surface area (TPSA) is 33.2 Å². The molecule has 0 saturated carbocycles. The summed E-state index contributed by atoms with van der Waals surface area (Å²) in [6.45, 7) is 7.07. The molecule has 0 spiro atoms. The van der Waals surface area contributed by atoms with Crippen LogP contribution in [-0.4, -0.2) is 29.4 Å². The molecule has 3 nitrogen and oxygen atoms in total. The largest absolute Gasteiger partial charge is 0.341 e. The fourth-order valence-electron chi connectivity index (χ4n) is 1.49. The third-order valence-electron chi connectivity index (χ3n) is 1.97. The van der Waals surface area contributed by atoms with E-state index in [1.165, 1.54) is 0 Å². The van der Waals surface area contributed by atoms with Gasteiger partial charge in [-0.2, -0.15) is 0 Å². The first-order chi connectivity index (χ1) is 6.90. The van der Waals surface area contributed by atoms with Gasteiger partial charge in [-0.1, -0.05) is 20.8 Å². The average molecular weight is 206 g/mol. The Kier molecular flexibility index (Phi) is 3.45. The van der Waals surface area contributed by atoms with Crippen LogP contribution in [0.3, 0.4) is 0 Å². The normalized spacial score (nSPS) is 11.2. The van der Waals surface area contributed by atoms with Gasteiger partial charge in [0.1, 0.15) is 0 Å². The lowest BCUT2D eigenvalue weighted by molar-refractivity contribution is 0.0745. The van der Waals surface area contributed by atoms with E-state index in [0.717, 1.165) is 6.54 Å². The summed E-state index contributed by atoms with van der Waals surface area (Å²) in [6.07, 6.45) is 3.27. The molecule has 0 unspecified atom stereocenters. The Labute approximate surface area is 91.1 Å². The number of amides is 1. The van der Waals surface area contributed by atoms with E-state index in [2.05, 4.69) is 25.8 Å². The SMILES string of the molecule is CN(CC(C)(C)C)C(=O)c1cccnc1. The Morgan fingerprint density at radius 2 is 2.13 bits per heavy atom. The van der Waals surface area contributed by atoms with Gasteiger partial charge in [-0.15, -0.1) is 0 Å². The van der Waals surface area contributed by atoms with Gasteiger partial charge in [-0.05, 0) is 17.5 Å². The first-order valence-corrected chi connectivity index (χ1v) is 5.06. The summed E-state index contributed by atoms with van der Waals surface area (Å²) in [5, 5.41) is 0. The first kappa shape index (κ1) is 11.7. The molecule has 1 rings (SSSR count). The van der Waals surface area contributed by atoms with Crippen molar-refractivity contribution in [3.05, 3.63) is 30.1 Å². The molecule has 0 radical (unpaired) electrons. The van der Waals surface area contributed by atoms with Crippen molar-refractivity contribution in [2.75, 3.05) is 13.6 Å². The van der Waals surface area contributed by atoms with Gasteiger partial charge >= 0.3 is 0 Å². The predicted molar refractivity (Wildman–Crippen MR) is 60.7 cm³/mol. The molecule has 0 aliphatic rings. The molecule has 1 aromatic heterocycles. The van der Waals surface area contributed by atoms with Crippen LogP contribution in [-0.2, 0) is 0 Å². The molecule has 0 atom stereocenters. The van der Waals surface area contributed by atoms with Gasteiger partial charge in [0, 0.05) is 26.0 Å². The van der Waals surface area contributed by atoms with Crippen LogP contribution in [0.1, 0.15) is 31.1 Å². The van der Waals surface area contributed by atoms with E-state index in [0.29, 0.717) is 5.56 Å². The predicted octanol–water partition coefficient (Wildman–Crippen LogP) is 2.20. The quantitative estimate of drug-likeness (QED) is 0.743. The van der Waals surface area contributed by atoms with Crippen LogP contribution in [0.2, 0.25) is 0 Å². The van der Waals surface area contributed by atoms with E-state index in [4.69, 9.17) is 0 Å². The van der Waals surface area contributed by atoms with Crippen LogP contribution in [0.5, 0.6) is 0 Å². The molecule has 0 N–H and O–H groups in total. The first-order valence-electron chi connectivity index (χ1n) is 5.06. The molecule has 15 heavy (non-hydrogen) atoms. The number of carbonyl (C=O) groups is 1. The maximum atomic E-state index is 11.9.